The van der Waals surface area contributed by atoms with Crippen LogP contribution in [0, 0.1) is 0 Å². The molecular weight excluding hydrogens is 272 g/mol. The highest BCUT2D eigenvalue weighted by Crippen LogP contribution is 2.24. The van der Waals surface area contributed by atoms with Gasteiger partial charge in [-0.2, -0.15) is 5.10 Å². The van der Waals surface area contributed by atoms with Crippen LogP contribution in [0.4, 0.5) is 10.5 Å². The number of aromatic amines is 1. The first-order chi connectivity index (χ1) is 10.1. The molecule has 7 heteroatoms. The molecule has 7 nitrogen and oxygen atoms in total. The van der Waals surface area contributed by atoms with Gasteiger partial charge in [-0.3, -0.25) is 5.10 Å². The number of carbonyl (C=O) groups is 2. The van der Waals surface area contributed by atoms with E-state index < -0.39 is 18.0 Å². The number of rotatable bonds is 2. The van der Waals surface area contributed by atoms with Crippen molar-refractivity contribution in [2.45, 2.75) is 19.0 Å². The summed E-state index contributed by atoms with van der Waals surface area (Å²) in [6, 6.07) is 6.25. The Labute approximate surface area is 120 Å². The van der Waals surface area contributed by atoms with Crippen molar-refractivity contribution in [1.82, 2.24) is 15.1 Å². The molecule has 0 bridgehead atoms. The first-order valence-electron chi connectivity index (χ1n) is 6.51. The Balaban J connectivity index is 1.85. The highest BCUT2D eigenvalue weighted by atomic mass is 16.4. The van der Waals surface area contributed by atoms with E-state index in [0.29, 0.717) is 12.1 Å². The largest absolute Gasteiger partial charge is 0.480 e. The Bertz CT molecular complexity index is 669. The SMILES string of the molecule is O=C(O)C1Cc2ccccc2CN1C(=O)Nc1cn[nH]c1. The average Bonchev–Trinajstić information content (AvgIpc) is 2.98. The zero-order valence-corrected chi connectivity index (χ0v) is 11.1. The lowest BCUT2D eigenvalue weighted by molar-refractivity contribution is -0.142. The van der Waals surface area contributed by atoms with Crippen molar-refractivity contribution < 1.29 is 14.7 Å². The summed E-state index contributed by atoms with van der Waals surface area (Å²) >= 11 is 0. The molecule has 3 N–H and O–H groups in total. The number of anilines is 1. The van der Waals surface area contributed by atoms with Crippen LogP contribution in [0.15, 0.2) is 36.7 Å². The van der Waals surface area contributed by atoms with Crippen LogP contribution in [0.5, 0.6) is 0 Å². The summed E-state index contributed by atoms with van der Waals surface area (Å²) in [5.41, 5.74) is 2.44. The van der Waals surface area contributed by atoms with E-state index in [1.165, 1.54) is 17.3 Å². The number of H-pyrrole nitrogens is 1. The van der Waals surface area contributed by atoms with Gasteiger partial charge in [-0.15, -0.1) is 0 Å². The zero-order chi connectivity index (χ0) is 14.8. The minimum absolute atomic E-state index is 0.275. The molecule has 1 unspecified atom stereocenters. The van der Waals surface area contributed by atoms with Gasteiger partial charge in [0.15, 0.2) is 0 Å². The fourth-order valence-corrected chi connectivity index (χ4v) is 2.47. The van der Waals surface area contributed by atoms with Gasteiger partial charge in [-0.25, -0.2) is 9.59 Å². The van der Waals surface area contributed by atoms with Crippen molar-refractivity contribution in [2.24, 2.45) is 0 Å². The molecule has 1 aromatic carbocycles. The van der Waals surface area contributed by atoms with Crippen molar-refractivity contribution in [3.05, 3.63) is 47.8 Å². The fourth-order valence-electron chi connectivity index (χ4n) is 2.47. The van der Waals surface area contributed by atoms with Crippen LogP contribution in [0.3, 0.4) is 0 Å². The number of benzene rings is 1. The van der Waals surface area contributed by atoms with E-state index in [1.807, 2.05) is 24.3 Å². The number of urea groups is 1. The van der Waals surface area contributed by atoms with Crippen LogP contribution >= 0.6 is 0 Å². The molecule has 1 aliphatic rings. The molecule has 2 aromatic rings. The number of fused-ring (bicyclic) bond motifs is 1. The molecule has 1 aromatic heterocycles. The number of carbonyl (C=O) groups excluding carboxylic acids is 1. The highest BCUT2D eigenvalue weighted by molar-refractivity contribution is 5.92. The molecule has 2 heterocycles. The Kier molecular flexibility index (Phi) is 3.31. The van der Waals surface area contributed by atoms with E-state index >= 15 is 0 Å². The first-order valence-corrected chi connectivity index (χ1v) is 6.51. The molecular formula is C14H14N4O3. The van der Waals surface area contributed by atoms with E-state index in [0.717, 1.165) is 11.1 Å². The van der Waals surface area contributed by atoms with Crippen LogP contribution in [-0.2, 0) is 17.8 Å². The standard InChI is InChI=1S/C14H14N4O3/c19-13(20)12-5-9-3-1-2-4-10(9)8-18(12)14(21)17-11-6-15-16-7-11/h1-4,6-7,12H,5,8H2,(H,15,16)(H,17,21)(H,19,20). The van der Waals surface area contributed by atoms with Gasteiger partial charge in [0.2, 0.25) is 0 Å². The molecule has 2 amide bonds. The van der Waals surface area contributed by atoms with Crippen molar-refractivity contribution in [3.8, 4) is 0 Å². The van der Waals surface area contributed by atoms with Crippen LogP contribution in [-0.4, -0.2) is 38.2 Å². The van der Waals surface area contributed by atoms with Crippen molar-refractivity contribution >= 4 is 17.7 Å². The van der Waals surface area contributed by atoms with Crippen LogP contribution < -0.4 is 5.32 Å². The zero-order valence-electron chi connectivity index (χ0n) is 11.1. The minimum atomic E-state index is -1.01. The van der Waals surface area contributed by atoms with Gasteiger partial charge < -0.3 is 15.3 Å². The summed E-state index contributed by atoms with van der Waals surface area (Å²) in [6.07, 6.45) is 3.31. The quantitative estimate of drug-likeness (QED) is 0.778. The van der Waals surface area contributed by atoms with E-state index in [1.54, 1.807) is 0 Å². The Morgan fingerprint density at radius 2 is 2.10 bits per heavy atom. The first kappa shape index (κ1) is 13.2. The number of aliphatic carboxylic acids is 1. The predicted molar refractivity (Wildman–Crippen MR) is 74.7 cm³/mol. The smallest absolute Gasteiger partial charge is 0.326 e. The number of carboxylic acids is 1. The maximum atomic E-state index is 12.3. The molecule has 0 saturated carbocycles. The molecule has 1 atom stereocenters. The van der Waals surface area contributed by atoms with Gasteiger partial charge in [0.25, 0.3) is 0 Å². The van der Waals surface area contributed by atoms with Crippen LogP contribution in [0.2, 0.25) is 0 Å². The molecule has 0 aliphatic carbocycles. The lowest BCUT2D eigenvalue weighted by atomic mass is 9.94. The molecule has 0 spiro atoms. The molecule has 0 fully saturated rings. The summed E-state index contributed by atoms with van der Waals surface area (Å²) in [5, 5.41) is 18.3. The maximum absolute atomic E-state index is 12.3. The third kappa shape index (κ3) is 2.58. The van der Waals surface area contributed by atoms with Gasteiger partial charge in [-0.05, 0) is 11.1 Å². The molecule has 0 radical (unpaired) electrons. The third-order valence-electron chi connectivity index (χ3n) is 3.54. The lowest BCUT2D eigenvalue weighted by Crippen LogP contribution is -2.50. The third-order valence-corrected chi connectivity index (χ3v) is 3.54. The Morgan fingerprint density at radius 1 is 1.33 bits per heavy atom. The second kappa shape index (κ2) is 5.28. The topological polar surface area (TPSA) is 98.3 Å². The van der Waals surface area contributed by atoms with Gasteiger partial charge >= 0.3 is 12.0 Å². The van der Waals surface area contributed by atoms with Gasteiger partial charge in [0.1, 0.15) is 6.04 Å². The second-order valence-corrected chi connectivity index (χ2v) is 4.87. The van der Waals surface area contributed by atoms with Crippen LogP contribution in [0.25, 0.3) is 0 Å². The molecule has 3 rings (SSSR count). The Morgan fingerprint density at radius 3 is 2.76 bits per heavy atom. The van der Waals surface area contributed by atoms with Crippen molar-refractivity contribution in [1.29, 1.82) is 0 Å². The molecule has 1 aliphatic heterocycles. The van der Waals surface area contributed by atoms with Crippen LogP contribution in [0.1, 0.15) is 11.1 Å². The van der Waals surface area contributed by atoms with Crippen molar-refractivity contribution in [2.75, 3.05) is 5.32 Å². The van der Waals surface area contributed by atoms with Gasteiger partial charge in [0, 0.05) is 19.2 Å². The van der Waals surface area contributed by atoms with Gasteiger partial charge in [-0.1, -0.05) is 24.3 Å². The number of amides is 2. The molecule has 0 saturated heterocycles. The van der Waals surface area contributed by atoms with E-state index in [4.69, 9.17) is 0 Å². The highest BCUT2D eigenvalue weighted by Gasteiger charge is 2.34. The summed E-state index contributed by atoms with van der Waals surface area (Å²) < 4.78 is 0. The van der Waals surface area contributed by atoms with E-state index in [2.05, 4.69) is 15.5 Å². The number of aromatic nitrogens is 2. The monoisotopic (exact) mass is 286 g/mol. The van der Waals surface area contributed by atoms with E-state index in [9.17, 15) is 14.7 Å². The number of carboxylic acid groups (broad SMARTS) is 1. The Hall–Kier alpha value is -2.83. The average molecular weight is 286 g/mol. The van der Waals surface area contributed by atoms with Crippen molar-refractivity contribution in [3.63, 3.8) is 0 Å². The number of nitrogens with one attached hydrogen (secondary N) is 2. The summed E-state index contributed by atoms with van der Waals surface area (Å²) in [5.74, 6) is -1.01. The lowest BCUT2D eigenvalue weighted by Gasteiger charge is -2.34. The minimum Gasteiger partial charge on any atom is -0.480 e. The predicted octanol–water partition coefficient (Wildman–Crippen LogP) is 1.45. The molecule has 108 valence electrons. The normalized spacial score (nSPS) is 17.1. The second-order valence-electron chi connectivity index (χ2n) is 4.87. The number of hydrogen-bond acceptors (Lipinski definition) is 3. The summed E-state index contributed by atoms with van der Waals surface area (Å²) in [4.78, 5) is 25.1. The van der Waals surface area contributed by atoms with Gasteiger partial charge in [0.05, 0.1) is 11.9 Å². The summed E-state index contributed by atoms with van der Waals surface area (Å²) in [6.45, 7) is 0.275. The fraction of sp³-hybridized carbons (Fsp3) is 0.214. The number of hydrogen-bond donors (Lipinski definition) is 3. The summed E-state index contributed by atoms with van der Waals surface area (Å²) in [7, 11) is 0. The number of nitrogens with zero attached hydrogens (tertiary/aromatic N) is 2. The molecule has 21 heavy (non-hydrogen) atoms. The van der Waals surface area contributed by atoms with E-state index in [-0.39, 0.29) is 6.54 Å². The maximum Gasteiger partial charge on any atom is 0.326 e.